The number of fused-ring (bicyclic) bond motifs is 1. The van der Waals surface area contributed by atoms with Crippen molar-refractivity contribution in [1.29, 1.82) is 0 Å². The summed E-state index contributed by atoms with van der Waals surface area (Å²) < 4.78 is 2.72. The average molecular weight is 289 g/mol. The van der Waals surface area contributed by atoms with Gasteiger partial charge in [0.15, 0.2) is 5.65 Å². The van der Waals surface area contributed by atoms with E-state index in [9.17, 15) is 0 Å². The molecular formula is C12H9BrN4. The van der Waals surface area contributed by atoms with Crippen molar-refractivity contribution in [2.75, 3.05) is 0 Å². The zero-order chi connectivity index (χ0) is 11.7. The van der Waals surface area contributed by atoms with Crippen LogP contribution < -0.4 is 0 Å². The van der Waals surface area contributed by atoms with Crippen LogP contribution in [0.1, 0.15) is 5.56 Å². The Morgan fingerprint density at radius 3 is 2.82 bits per heavy atom. The van der Waals surface area contributed by atoms with E-state index in [1.165, 1.54) is 5.56 Å². The largest absolute Gasteiger partial charge is 0.234 e. The van der Waals surface area contributed by atoms with Crippen LogP contribution in [0, 0.1) is 0 Å². The van der Waals surface area contributed by atoms with Gasteiger partial charge in [0.05, 0.1) is 6.54 Å². The Labute approximate surface area is 106 Å². The van der Waals surface area contributed by atoms with Crippen LogP contribution in [-0.4, -0.2) is 20.0 Å². The molecule has 2 heterocycles. The van der Waals surface area contributed by atoms with E-state index in [0.29, 0.717) is 6.54 Å². The molecule has 0 saturated heterocycles. The molecule has 0 saturated carbocycles. The number of halogens is 1. The molecule has 0 aliphatic rings. The second-order valence-electron chi connectivity index (χ2n) is 3.73. The monoisotopic (exact) mass is 288 g/mol. The molecule has 2 aromatic heterocycles. The van der Waals surface area contributed by atoms with Crippen LogP contribution in [0.5, 0.6) is 0 Å². The minimum atomic E-state index is 0.686. The van der Waals surface area contributed by atoms with Crippen molar-refractivity contribution in [2.45, 2.75) is 6.54 Å². The molecule has 5 heteroatoms. The van der Waals surface area contributed by atoms with Crippen LogP contribution in [-0.2, 0) is 6.54 Å². The Hall–Kier alpha value is -1.75. The van der Waals surface area contributed by atoms with Crippen molar-refractivity contribution in [3.05, 3.63) is 52.6 Å². The van der Waals surface area contributed by atoms with E-state index >= 15 is 0 Å². The maximum atomic E-state index is 4.33. The van der Waals surface area contributed by atoms with Crippen LogP contribution in [0.25, 0.3) is 11.2 Å². The fourth-order valence-electron chi connectivity index (χ4n) is 1.70. The van der Waals surface area contributed by atoms with E-state index in [0.717, 1.165) is 15.6 Å². The van der Waals surface area contributed by atoms with Gasteiger partial charge in [-0.3, -0.25) is 0 Å². The van der Waals surface area contributed by atoms with Crippen molar-refractivity contribution in [3.63, 3.8) is 0 Å². The lowest BCUT2D eigenvalue weighted by Gasteiger charge is -2.01. The molecule has 1 aromatic carbocycles. The smallest absolute Gasteiger partial charge is 0.178 e. The lowest BCUT2D eigenvalue weighted by molar-refractivity contribution is 0.664. The molecule has 4 nitrogen and oxygen atoms in total. The van der Waals surface area contributed by atoms with Gasteiger partial charge in [-0.05, 0) is 27.6 Å². The third kappa shape index (κ3) is 2.06. The number of nitrogens with zero attached hydrogens (tertiary/aromatic N) is 4. The van der Waals surface area contributed by atoms with Gasteiger partial charge in [-0.2, -0.15) is 0 Å². The minimum Gasteiger partial charge on any atom is -0.234 e. The highest BCUT2D eigenvalue weighted by Gasteiger charge is 2.06. The predicted molar refractivity (Wildman–Crippen MR) is 68.6 cm³/mol. The molecule has 0 spiro atoms. The number of pyridine rings is 1. The first-order valence-electron chi connectivity index (χ1n) is 5.21. The molecule has 0 bridgehead atoms. The first-order valence-corrected chi connectivity index (χ1v) is 6.01. The maximum Gasteiger partial charge on any atom is 0.178 e. The molecule has 84 valence electrons. The summed E-state index contributed by atoms with van der Waals surface area (Å²) in [5, 5.41) is 8.21. The van der Waals surface area contributed by atoms with Gasteiger partial charge in [0.2, 0.25) is 0 Å². The highest BCUT2D eigenvalue weighted by molar-refractivity contribution is 9.10. The van der Waals surface area contributed by atoms with Gasteiger partial charge >= 0.3 is 0 Å². The Bertz CT molecular complexity index is 648. The van der Waals surface area contributed by atoms with Crippen LogP contribution >= 0.6 is 15.9 Å². The number of aromatic nitrogens is 4. The molecule has 3 aromatic rings. The first-order chi connectivity index (χ1) is 8.33. The number of benzene rings is 1. The third-order valence-corrected chi connectivity index (χ3v) is 2.93. The molecule has 0 unspecified atom stereocenters. The molecule has 17 heavy (non-hydrogen) atoms. The van der Waals surface area contributed by atoms with Crippen LogP contribution in [0.15, 0.2) is 47.1 Å². The Morgan fingerprint density at radius 1 is 1.18 bits per heavy atom. The molecule has 0 aliphatic heterocycles. The summed E-state index contributed by atoms with van der Waals surface area (Å²) in [7, 11) is 0. The summed E-state index contributed by atoms with van der Waals surface area (Å²) in [4.78, 5) is 4.33. The minimum absolute atomic E-state index is 0.686. The Balaban J connectivity index is 2.01. The fraction of sp³-hybridized carbons (Fsp3) is 0.0833. The van der Waals surface area contributed by atoms with Crippen LogP contribution in [0.4, 0.5) is 0 Å². The third-order valence-electron chi connectivity index (χ3n) is 2.49. The molecule has 0 radical (unpaired) electrons. The van der Waals surface area contributed by atoms with Gasteiger partial charge in [0.1, 0.15) is 5.52 Å². The molecule has 0 aliphatic carbocycles. The standard InChI is InChI=1S/C12H9BrN4/c13-10-6-11-12(14-7-10)17(16-15-11)8-9-4-2-1-3-5-9/h1-7H,8H2. The zero-order valence-electron chi connectivity index (χ0n) is 8.92. The van der Waals surface area contributed by atoms with Gasteiger partial charge < -0.3 is 0 Å². The molecule has 0 amide bonds. The van der Waals surface area contributed by atoms with E-state index < -0.39 is 0 Å². The first kappa shape index (κ1) is 10.4. The highest BCUT2D eigenvalue weighted by Crippen LogP contribution is 2.15. The van der Waals surface area contributed by atoms with E-state index in [1.54, 1.807) is 10.9 Å². The summed E-state index contributed by atoms with van der Waals surface area (Å²) in [6.07, 6.45) is 1.76. The summed E-state index contributed by atoms with van der Waals surface area (Å²) in [6, 6.07) is 12.1. The van der Waals surface area contributed by atoms with Gasteiger partial charge in [0, 0.05) is 10.7 Å². The SMILES string of the molecule is Brc1cnc2c(c1)nnn2Cc1ccccc1. The van der Waals surface area contributed by atoms with Gasteiger partial charge in [0.25, 0.3) is 0 Å². The van der Waals surface area contributed by atoms with Crippen molar-refractivity contribution in [1.82, 2.24) is 20.0 Å². The highest BCUT2D eigenvalue weighted by atomic mass is 79.9. The average Bonchev–Trinajstić information content (AvgIpc) is 2.73. The normalized spacial score (nSPS) is 10.9. The second-order valence-corrected chi connectivity index (χ2v) is 4.64. The quantitative estimate of drug-likeness (QED) is 0.728. The number of hydrogen-bond acceptors (Lipinski definition) is 3. The molecule has 0 atom stereocenters. The summed E-state index contributed by atoms with van der Waals surface area (Å²) in [5.41, 5.74) is 2.79. The zero-order valence-corrected chi connectivity index (χ0v) is 10.5. The number of hydrogen-bond donors (Lipinski definition) is 0. The van der Waals surface area contributed by atoms with Gasteiger partial charge in [-0.1, -0.05) is 35.5 Å². The van der Waals surface area contributed by atoms with E-state index in [1.807, 2.05) is 24.3 Å². The lowest BCUT2D eigenvalue weighted by atomic mass is 10.2. The lowest BCUT2D eigenvalue weighted by Crippen LogP contribution is -2.02. The summed E-state index contributed by atoms with van der Waals surface area (Å²) in [6.45, 7) is 0.686. The molecule has 0 N–H and O–H groups in total. The van der Waals surface area contributed by atoms with Crippen molar-refractivity contribution >= 4 is 27.1 Å². The Kier molecular flexibility index (Phi) is 2.60. The molecule has 3 rings (SSSR count). The van der Waals surface area contributed by atoms with E-state index in [-0.39, 0.29) is 0 Å². The van der Waals surface area contributed by atoms with Crippen LogP contribution in [0.2, 0.25) is 0 Å². The Morgan fingerprint density at radius 2 is 2.00 bits per heavy atom. The van der Waals surface area contributed by atoms with Gasteiger partial charge in [-0.25, -0.2) is 9.67 Å². The second kappa shape index (κ2) is 4.25. The van der Waals surface area contributed by atoms with Crippen LogP contribution in [0.3, 0.4) is 0 Å². The predicted octanol–water partition coefficient (Wildman–Crippen LogP) is 2.64. The topological polar surface area (TPSA) is 43.6 Å². The van der Waals surface area contributed by atoms with Gasteiger partial charge in [-0.15, -0.1) is 5.10 Å². The van der Waals surface area contributed by atoms with E-state index in [2.05, 4.69) is 43.4 Å². The van der Waals surface area contributed by atoms with Crippen molar-refractivity contribution in [2.24, 2.45) is 0 Å². The number of rotatable bonds is 2. The van der Waals surface area contributed by atoms with Crippen molar-refractivity contribution < 1.29 is 0 Å². The summed E-state index contributed by atoms with van der Waals surface area (Å²) >= 11 is 3.37. The molecular weight excluding hydrogens is 280 g/mol. The fourth-order valence-corrected chi connectivity index (χ4v) is 2.02. The van der Waals surface area contributed by atoms with Crippen molar-refractivity contribution in [3.8, 4) is 0 Å². The van der Waals surface area contributed by atoms with E-state index in [4.69, 9.17) is 0 Å². The summed E-state index contributed by atoms with van der Waals surface area (Å²) in [5.74, 6) is 0. The maximum absolute atomic E-state index is 4.33. The molecule has 0 fully saturated rings.